The fourth-order valence-corrected chi connectivity index (χ4v) is 4.18. The van der Waals surface area contributed by atoms with Gasteiger partial charge in [0.05, 0.1) is 4.90 Å². The summed E-state index contributed by atoms with van der Waals surface area (Å²) >= 11 is 16.9. The fraction of sp³-hybridized carbons (Fsp3) is 0.647. The third kappa shape index (κ3) is 5.77. The molecule has 0 fully saturated rings. The molecule has 0 aliphatic carbocycles. The molecule has 0 radical (unpaired) electrons. The smallest absolute Gasteiger partial charge is 0.262 e. The van der Waals surface area contributed by atoms with E-state index in [2.05, 4.69) is 13.8 Å². The maximum atomic E-state index is 12.7. The molecule has 0 heterocycles. The van der Waals surface area contributed by atoms with Crippen LogP contribution in [0.4, 0.5) is 0 Å². The highest BCUT2D eigenvalue weighted by Gasteiger charge is 2.29. The van der Waals surface area contributed by atoms with Crippen LogP contribution >= 0.6 is 34.8 Å². The largest absolute Gasteiger partial charge is 0.297 e. The lowest BCUT2D eigenvalue weighted by Crippen LogP contribution is -2.19. The molecule has 0 unspecified atom stereocenters. The van der Waals surface area contributed by atoms with Crippen LogP contribution < -0.4 is 0 Å². The average molecular weight is 416 g/mol. The Morgan fingerprint density at radius 3 is 1.67 bits per heavy atom. The lowest BCUT2D eigenvalue weighted by atomic mass is 9.87. The van der Waals surface area contributed by atoms with Gasteiger partial charge in [0.25, 0.3) is 10.1 Å². The van der Waals surface area contributed by atoms with Crippen molar-refractivity contribution in [2.24, 2.45) is 0 Å². The van der Waals surface area contributed by atoms with Crippen molar-refractivity contribution in [3.8, 4) is 0 Å². The zero-order chi connectivity index (χ0) is 18.9. The average Bonchev–Trinajstić information content (AvgIpc) is 2.42. The van der Waals surface area contributed by atoms with Crippen LogP contribution in [0, 0.1) is 0 Å². The lowest BCUT2D eigenvalue weighted by Gasteiger charge is -2.22. The third-order valence-electron chi connectivity index (χ3n) is 3.73. The van der Waals surface area contributed by atoms with Crippen molar-refractivity contribution in [3.05, 3.63) is 28.8 Å². The molecule has 24 heavy (non-hydrogen) atoms. The van der Waals surface area contributed by atoms with E-state index in [-0.39, 0.29) is 16.7 Å². The molecule has 0 saturated carbocycles. The molecule has 1 rings (SSSR count). The van der Waals surface area contributed by atoms with Crippen molar-refractivity contribution >= 4 is 44.9 Å². The Balaban J connectivity index is 3.53. The van der Waals surface area contributed by atoms with Crippen molar-refractivity contribution in [2.75, 3.05) is 6.61 Å². The van der Waals surface area contributed by atoms with Crippen LogP contribution in [0.25, 0.3) is 0 Å². The van der Waals surface area contributed by atoms with Crippen LogP contribution in [0.15, 0.2) is 17.0 Å². The van der Waals surface area contributed by atoms with Crippen LogP contribution in [-0.4, -0.2) is 18.8 Å². The molecule has 138 valence electrons. The highest BCUT2D eigenvalue weighted by atomic mass is 35.6. The van der Waals surface area contributed by atoms with E-state index in [0.29, 0.717) is 11.5 Å². The summed E-state index contributed by atoms with van der Waals surface area (Å²) in [7, 11) is -4.02. The SMILES string of the molecule is CC(C)c1cc(C(C)C)c(S(=O)(=O)OCC(Cl)(Cl)Cl)cc1C(C)C. The molecule has 0 bridgehead atoms. The zero-order valence-corrected chi connectivity index (χ0v) is 17.9. The van der Waals surface area contributed by atoms with Gasteiger partial charge in [-0.05, 0) is 40.5 Å². The first-order valence-electron chi connectivity index (χ1n) is 7.90. The fourth-order valence-electron chi connectivity index (χ4n) is 2.51. The van der Waals surface area contributed by atoms with Crippen LogP contribution in [-0.2, 0) is 14.3 Å². The molecule has 0 saturated heterocycles. The highest BCUT2D eigenvalue weighted by molar-refractivity contribution is 7.86. The molecule has 0 N–H and O–H groups in total. The van der Waals surface area contributed by atoms with E-state index >= 15 is 0 Å². The number of benzene rings is 1. The molecule has 0 aromatic heterocycles. The van der Waals surface area contributed by atoms with Gasteiger partial charge in [0.1, 0.15) is 6.61 Å². The van der Waals surface area contributed by atoms with Gasteiger partial charge in [0.2, 0.25) is 3.79 Å². The summed E-state index contributed by atoms with van der Waals surface area (Å²) in [5.41, 5.74) is 2.85. The Labute approximate surface area is 160 Å². The van der Waals surface area contributed by atoms with Gasteiger partial charge in [0, 0.05) is 0 Å². The van der Waals surface area contributed by atoms with E-state index < -0.39 is 20.5 Å². The Morgan fingerprint density at radius 2 is 1.29 bits per heavy atom. The Hall–Kier alpha value is -0.000000000000000167. The third-order valence-corrected chi connectivity index (χ3v) is 5.38. The van der Waals surface area contributed by atoms with Crippen molar-refractivity contribution < 1.29 is 12.6 Å². The van der Waals surface area contributed by atoms with E-state index in [1.807, 2.05) is 33.8 Å². The van der Waals surface area contributed by atoms with Gasteiger partial charge in [-0.15, -0.1) is 0 Å². The van der Waals surface area contributed by atoms with E-state index in [4.69, 9.17) is 39.0 Å². The maximum Gasteiger partial charge on any atom is 0.297 e. The van der Waals surface area contributed by atoms with Gasteiger partial charge in [-0.1, -0.05) is 82.4 Å². The molecule has 0 spiro atoms. The van der Waals surface area contributed by atoms with Crippen molar-refractivity contribution in [1.82, 2.24) is 0 Å². The molecular weight excluding hydrogens is 391 g/mol. The van der Waals surface area contributed by atoms with Gasteiger partial charge in [-0.25, -0.2) is 0 Å². The van der Waals surface area contributed by atoms with Crippen LogP contribution in [0.3, 0.4) is 0 Å². The number of rotatable bonds is 6. The first kappa shape index (κ1) is 22.0. The van der Waals surface area contributed by atoms with Crippen LogP contribution in [0.5, 0.6) is 0 Å². The molecule has 0 amide bonds. The van der Waals surface area contributed by atoms with E-state index in [1.54, 1.807) is 6.07 Å². The van der Waals surface area contributed by atoms with E-state index in [9.17, 15) is 8.42 Å². The summed E-state index contributed by atoms with van der Waals surface area (Å²) in [5.74, 6) is 0.495. The topological polar surface area (TPSA) is 43.4 Å². The molecule has 0 aliphatic heterocycles. The van der Waals surface area contributed by atoms with Crippen molar-refractivity contribution in [3.63, 3.8) is 0 Å². The summed E-state index contributed by atoms with van der Waals surface area (Å²) in [6.45, 7) is 11.6. The van der Waals surface area contributed by atoms with Gasteiger partial charge in [-0.2, -0.15) is 8.42 Å². The molecule has 0 aliphatic rings. The summed E-state index contributed by atoms with van der Waals surface area (Å²) in [5, 5.41) is 0. The number of hydrogen-bond donors (Lipinski definition) is 0. The minimum Gasteiger partial charge on any atom is -0.262 e. The Kier molecular flexibility index (Phi) is 7.47. The molecule has 1 aromatic rings. The normalized spacial score (nSPS) is 13.3. The van der Waals surface area contributed by atoms with Crippen molar-refractivity contribution in [1.29, 1.82) is 0 Å². The summed E-state index contributed by atoms with van der Waals surface area (Å²) in [6.07, 6.45) is 0. The van der Waals surface area contributed by atoms with Gasteiger partial charge < -0.3 is 0 Å². The summed E-state index contributed by atoms with van der Waals surface area (Å²) in [4.78, 5) is 0.153. The molecule has 1 aromatic carbocycles. The number of alkyl halides is 3. The maximum absolute atomic E-state index is 12.7. The second-order valence-corrected chi connectivity index (χ2v) is 10.9. The van der Waals surface area contributed by atoms with Gasteiger partial charge in [0.15, 0.2) is 0 Å². The number of hydrogen-bond acceptors (Lipinski definition) is 3. The molecule has 3 nitrogen and oxygen atoms in total. The minimum absolute atomic E-state index is 0.0184. The second kappa shape index (κ2) is 8.13. The van der Waals surface area contributed by atoms with E-state index in [0.717, 1.165) is 11.1 Å². The second-order valence-electron chi connectivity index (χ2n) is 6.81. The molecule has 0 atom stereocenters. The Morgan fingerprint density at radius 1 is 0.875 bits per heavy atom. The van der Waals surface area contributed by atoms with E-state index in [1.165, 1.54) is 0 Å². The predicted octanol–water partition coefficient (Wildman–Crippen LogP) is 6.13. The van der Waals surface area contributed by atoms with Gasteiger partial charge in [-0.3, -0.25) is 4.18 Å². The zero-order valence-electron chi connectivity index (χ0n) is 14.9. The van der Waals surface area contributed by atoms with Crippen LogP contribution in [0.1, 0.15) is 76.0 Å². The monoisotopic (exact) mass is 414 g/mol. The molecular formula is C17H25Cl3O3S. The lowest BCUT2D eigenvalue weighted by molar-refractivity contribution is 0.324. The van der Waals surface area contributed by atoms with Crippen molar-refractivity contribution in [2.45, 2.75) is 68.0 Å². The predicted molar refractivity (Wildman–Crippen MR) is 102 cm³/mol. The quantitative estimate of drug-likeness (QED) is 0.414. The van der Waals surface area contributed by atoms with Gasteiger partial charge >= 0.3 is 0 Å². The summed E-state index contributed by atoms with van der Waals surface area (Å²) in [6, 6.07) is 3.68. The van der Waals surface area contributed by atoms with Crippen LogP contribution in [0.2, 0.25) is 0 Å². The summed E-state index contributed by atoms with van der Waals surface area (Å²) < 4.78 is 28.5. The Bertz CT molecular complexity index is 675. The first-order valence-corrected chi connectivity index (χ1v) is 10.4. The standard InChI is InChI=1S/C17H25Cl3O3S/c1-10(2)13-7-15(12(5)6)16(8-14(13)11(3)4)24(21,22)23-9-17(18,19)20/h7-8,10-12H,9H2,1-6H3. The molecule has 7 heteroatoms. The number of halogens is 3. The highest BCUT2D eigenvalue weighted by Crippen LogP contribution is 2.36. The first-order chi connectivity index (χ1) is 10.8. The minimum atomic E-state index is -4.02.